The van der Waals surface area contributed by atoms with Gasteiger partial charge in [0.05, 0.1) is 0 Å². The molecule has 0 saturated carbocycles. The first kappa shape index (κ1) is 13.2. The van der Waals surface area contributed by atoms with Gasteiger partial charge < -0.3 is 15.8 Å². The lowest BCUT2D eigenvalue weighted by atomic mass is 10.1. The average Bonchev–Trinajstić information content (AvgIpc) is 2.29. The molecule has 0 heterocycles. The molecular formula is C12H16N2O3. The molecule has 0 saturated heterocycles. The van der Waals surface area contributed by atoms with Crippen LogP contribution in [0.1, 0.15) is 12.5 Å². The summed E-state index contributed by atoms with van der Waals surface area (Å²) < 4.78 is 4.72. The van der Waals surface area contributed by atoms with E-state index < -0.39 is 17.9 Å². The number of methoxy groups -OCH3 is 1. The van der Waals surface area contributed by atoms with Crippen LogP contribution in [-0.4, -0.2) is 25.0 Å². The number of carbonyl (C=O) groups is 2. The zero-order chi connectivity index (χ0) is 12.8. The maximum absolute atomic E-state index is 11.6. The smallest absolute Gasteiger partial charge is 0.263 e. The highest BCUT2D eigenvalue weighted by Crippen LogP contribution is 2.11. The van der Waals surface area contributed by atoms with Crippen molar-refractivity contribution in [3.05, 3.63) is 29.8 Å². The molecule has 3 N–H and O–H groups in total. The van der Waals surface area contributed by atoms with Gasteiger partial charge in [-0.25, -0.2) is 0 Å². The molecule has 0 radical (unpaired) electrons. The summed E-state index contributed by atoms with van der Waals surface area (Å²) in [6, 6.07) is 7.37. The molecular weight excluding hydrogens is 220 g/mol. The van der Waals surface area contributed by atoms with E-state index in [1.165, 1.54) is 7.11 Å². The molecule has 1 aromatic rings. The minimum atomic E-state index is -1.26. The van der Waals surface area contributed by atoms with E-state index in [4.69, 9.17) is 10.5 Å². The first-order valence-corrected chi connectivity index (χ1v) is 5.30. The Morgan fingerprint density at radius 1 is 1.47 bits per heavy atom. The zero-order valence-electron chi connectivity index (χ0n) is 9.90. The number of hydrogen-bond acceptors (Lipinski definition) is 3. The molecule has 92 valence electrons. The number of anilines is 1. The highest BCUT2D eigenvalue weighted by molar-refractivity contribution is 6.08. The van der Waals surface area contributed by atoms with Crippen LogP contribution in [0.3, 0.4) is 0 Å². The number of carbonyl (C=O) groups excluding carboxylic acids is 2. The van der Waals surface area contributed by atoms with Crippen molar-refractivity contribution in [2.75, 3.05) is 12.4 Å². The molecule has 17 heavy (non-hydrogen) atoms. The number of amides is 2. The summed E-state index contributed by atoms with van der Waals surface area (Å²) in [4.78, 5) is 22.6. The van der Waals surface area contributed by atoms with Crippen LogP contribution >= 0.6 is 0 Å². The number of aryl methyl sites for hydroxylation is 1. The SMILES string of the molecule is CCc1cccc(NC(=O)C(OC)C(N)=O)c1. The molecule has 0 bridgehead atoms. The summed E-state index contributed by atoms with van der Waals surface area (Å²) in [6.07, 6.45) is -0.395. The summed E-state index contributed by atoms with van der Waals surface area (Å²) in [7, 11) is 1.26. The molecule has 0 fully saturated rings. The zero-order valence-corrected chi connectivity index (χ0v) is 9.90. The van der Waals surface area contributed by atoms with Crippen LogP contribution in [0.25, 0.3) is 0 Å². The average molecular weight is 236 g/mol. The van der Waals surface area contributed by atoms with Gasteiger partial charge in [0.25, 0.3) is 11.8 Å². The Morgan fingerprint density at radius 2 is 2.18 bits per heavy atom. The van der Waals surface area contributed by atoms with Gasteiger partial charge in [-0.05, 0) is 24.1 Å². The number of nitrogens with one attached hydrogen (secondary N) is 1. The standard InChI is InChI=1S/C12H16N2O3/c1-3-8-5-4-6-9(7-8)14-12(16)10(17-2)11(13)15/h4-7,10H,3H2,1-2H3,(H2,13,15)(H,14,16). The maximum atomic E-state index is 11.6. The van der Waals surface area contributed by atoms with Crippen LogP contribution in [0.4, 0.5) is 5.69 Å². The van der Waals surface area contributed by atoms with Crippen LogP contribution in [0.5, 0.6) is 0 Å². The number of nitrogens with two attached hydrogens (primary N) is 1. The second-order valence-electron chi connectivity index (χ2n) is 3.56. The summed E-state index contributed by atoms with van der Waals surface area (Å²) in [5.41, 5.74) is 6.75. The lowest BCUT2D eigenvalue weighted by molar-refractivity contribution is -0.138. The van der Waals surface area contributed by atoms with E-state index in [-0.39, 0.29) is 0 Å². The predicted molar refractivity (Wildman–Crippen MR) is 64.4 cm³/mol. The Hall–Kier alpha value is -1.88. The summed E-state index contributed by atoms with van der Waals surface area (Å²) in [6.45, 7) is 2.02. The van der Waals surface area contributed by atoms with Crippen LogP contribution < -0.4 is 11.1 Å². The van der Waals surface area contributed by atoms with Crippen molar-refractivity contribution in [3.63, 3.8) is 0 Å². The highest BCUT2D eigenvalue weighted by Gasteiger charge is 2.23. The quantitative estimate of drug-likeness (QED) is 0.738. The minimum absolute atomic E-state index is 0.562. The van der Waals surface area contributed by atoms with Gasteiger partial charge in [-0.3, -0.25) is 9.59 Å². The Balaban J connectivity index is 2.76. The van der Waals surface area contributed by atoms with Crippen molar-refractivity contribution in [1.29, 1.82) is 0 Å². The van der Waals surface area contributed by atoms with Crippen LogP contribution in [0.15, 0.2) is 24.3 Å². The Kier molecular flexibility index (Phi) is 4.66. The van der Waals surface area contributed by atoms with Crippen molar-refractivity contribution in [2.45, 2.75) is 19.4 Å². The Morgan fingerprint density at radius 3 is 2.71 bits per heavy atom. The lowest BCUT2D eigenvalue weighted by Gasteiger charge is -2.12. The molecule has 0 spiro atoms. The highest BCUT2D eigenvalue weighted by atomic mass is 16.5. The number of benzene rings is 1. The minimum Gasteiger partial charge on any atom is -0.367 e. The van der Waals surface area contributed by atoms with Gasteiger partial charge >= 0.3 is 0 Å². The van der Waals surface area contributed by atoms with E-state index in [0.717, 1.165) is 12.0 Å². The van der Waals surface area contributed by atoms with Crippen molar-refractivity contribution in [2.24, 2.45) is 5.73 Å². The van der Waals surface area contributed by atoms with Crippen molar-refractivity contribution in [3.8, 4) is 0 Å². The van der Waals surface area contributed by atoms with E-state index in [9.17, 15) is 9.59 Å². The normalized spacial score (nSPS) is 11.9. The van der Waals surface area contributed by atoms with Crippen molar-refractivity contribution >= 4 is 17.5 Å². The van der Waals surface area contributed by atoms with E-state index in [0.29, 0.717) is 5.69 Å². The molecule has 5 heteroatoms. The first-order chi connectivity index (χ1) is 8.08. The van der Waals surface area contributed by atoms with Gasteiger partial charge in [0, 0.05) is 12.8 Å². The third-order valence-corrected chi connectivity index (χ3v) is 2.34. The fourth-order valence-electron chi connectivity index (χ4n) is 1.43. The topological polar surface area (TPSA) is 81.4 Å². The molecule has 1 atom stereocenters. The Bertz CT molecular complexity index is 418. The van der Waals surface area contributed by atoms with Crippen LogP contribution in [-0.2, 0) is 20.7 Å². The van der Waals surface area contributed by atoms with Gasteiger partial charge in [-0.2, -0.15) is 0 Å². The maximum Gasteiger partial charge on any atom is 0.263 e. The fraction of sp³-hybridized carbons (Fsp3) is 0.333. The second kappa shape index (κ2) is 6.00. The third kappa shape index (κ3) is 3.57. The molecule has 1 aromatic carbocycles. The van der Waals surface area contributed by atoms with Gasteiger partial charge in [0.15, 0.2) is 0 Å². The fourth-order valence-corrected chi connectivity index (χ4v) is 1.43. The molecule has 0 aliphatic carbocycles. The van der Waals surface area contributed by atoms with E-state index in [1.54, 1.807) is 6.07 Å². The Labute approximate surface area is 99.9 Å². The van der Waals surface area contributed by atoms with Gasteiger partial charge in [0.2, 0.25) is 6.10 Å². The number of primary amides is 1. The van der Waals surface area contributed by atoms with Crippen LogP contribution in [0, 0.1) is 0 Å². The van der Waals surface area contributed by atoms with E-state index >= 15 is 0 Å². The first-order valence-electron chi connectivity index (χ1n) is 5.30. The molecule has 0 aliphatic heterocycles. The molecule has 0 aliphatic rings. The molecule has 2 amide bonds. The predicted octanol–water partition coefficient (Wildman–Crippen LogP) is 0.688. The molecule has 5 nitrogen and oxygen atoms in total. The number of hydrogen-bond donors (Lipinski definition) is 2. The van der Waals surface area contributed by atoms with Crippen LogP contribution in [0.2, 0.25) is 0 Å². The largest absolute Gasteiger partial charge is 0.367 e. The van der Waals surface area contributed by atoms with Gasteiger partial charge in [0.1, 0.15) is 0 Å². The summed E-state index contributed by atoms with van der Waals surface area (Å²) in [5, 5.41) is 2.58. The molecule has 0 aromatic heterocycles. The van der Waals surface area contributed by atoms with E-state index in [2.05, 4.69) is 5.32 Å². The van der Waals surface area contributed by atoms with Gasteiger partial charge in [-0.15, -0.1) is 0 Å². The second-order valence-corrected chi connectivity index (χ2v) is 3.56. The monoisotopic (exact) mass is 236 g/mol. The van der Waals surface area contributed by atoms with Crippen molar-refractivity contribution in [1.82, 2.24) is 0 Å². The summed E-state index contributed by atoms with van der Waals surface area (Å²) in [5.74, 6) is -1.37. The third-order valence-electron chi connectivity index (χ3n) is 2.34. The molecule has 1 unspecified atom stereocenters. The van der Waals surface area contributed by atoms with E-state index in [1.807, 2.05) is 25.1 Å². The number of rotatable bonds is 5. The van der Waals surface area contributed by atoms with Crippen molar-refractivity contribution < 1.29 is 14.3 Å². The summed E-state index contributed by atoms with van der Waals surface area (Å²) >= 11 is 0. The molecule has 1 rings (SSSR count). The van der Waals surface area contributed by atoms with Gasteiger partial charge in [-0.1, -0.05) is 19.1 Å². The lowest BCUT2D eigenvalue weighted by Crippen LogP contribution is -2.40. The number of ether oxygens (including phenoxy) is 1.